The van der Waals surface area contributed by atoms with Crippen molar-refractivity contribution in [1.29, 1.82) is 0 Å². The average Bonchev–Trinajstić information content (AvgIpc) is 2.35. The molecule has 1 aromatic rings. The minimum atomic E-state index is 0.544. The lowest BCUT2D eigenvalue weighted by Crippen LogP contribution is -1.98. The van der Waals surface area contributed by atoms with Gasteiger partial charge in [0.2, 0.25) is 0 Å². The Labute approximate surface area is 96.4 Å². The van der Waals surface area contributed by atoms with Crippen LogP contribution in [-0.4, -0.2) is 20.5 Å². The second-order valence-corrected chi connectivity index (χ2v) is 3.53. The van der Waals surface area contributed by atoms with Crippen molar-refractivity contribution >= 4 is 6.29 Å². The third kappa shape index (κ3) is 2.75. The normalized spacial score (nSPS) is 9.94. The fourth-order valence-corrected chi connectivity index (χ4v) is 1.74. The number of ether oxygens (including phenoxy) is 2. The number of benzene rings is 1. The van der Waals surface area contributed by atoms with Gasteiger partial charge in [0.25, 0.3) is 0 Å². The first-order chi connectivity index (χ1) is 7.76. The number of carbonyl (C=O) groups is 1. The molecule has 3 nitrogen and oxygen atoms in total. The van der Waals surface area contributed by atoms with Crippen molar-refractivity contribution in [3.63, 3.8) is 0 Å². The molecule has 1 aromatic carbocycles. The summed E-state index contributed by atoms with van der Waals surface area (Å²) in [6.45, 7) is 2.09. The Morgan fingerprint density at radius 1 is 1.12 bits per heavy atom. The monoisotopic (exact) mass is 222 g/mol. The van der Waals surface area contributed by atoms with Gasteiger partial charge in [-0.2, -0.15) is 0 Å². The van der Waals surface area contributed by atoms with E-state index in [2.05, 4.69) is 6.92 Å². The largest absolute Gasteiger partial charge is 0.493 e. The van der Waals surface area contributed by atoms with Gasteiger partial charge in [-0.3, -0.25) is 0 Å². The first-order valence-electron chi connectivity index (χ1n) is 5.44. The van der Waals surface area contributed by atoms with Crippen LogP contribution in [0.2, 0.25) is 0 Å². The van der Waals surface area contributed by atoms with Gasteiger partial charge in [-0.25, -0.2) is 0 Å². The smallest absolute Gasteiger partial charge is 0.161 e. The van der Waals surface area contributed by atoms with Crippen molar-refractivity contribution in [2.75, 3.05) is 14.2 Å². The Morgan fingerprint density at radius 3 is 2.12 bits per heavy atom. The van der Waals surface area contributed by atoms with Gasteiger partial charge >= 0.3 is 0 Å². The fraction of sp³-hybridized carbons (Fsp3) is 0.462. The quantitative estimate of drug-likeness (QED) is 0.693. The van der Waals surface area contributed by atoms with E-state index in [9.17, 15) is 4.79 Å². The van der Waals surface area contributed by atoms with Crippen molar-refractivity contribution in [3.05, 3.63) is 23.3 Å². The summed E-state index contributed by atoms with van der Waals surface area (Å²) >= 11 is 0. The maximum atomic E-state index is 10.4. The number of carbonyl (C=O) groups excluding carboxylic acids is 1. The summed E-state index contributed by atoms with van der Waals surface area (Å²) in [5.41, 5.74) is 2.37. The van der Waals surface area contributed by atoms with Gasteiger partial charge in [-0.15, -0.1) is 0 Å². The Balaban J connectivity index is 3.09. The maximum absolute atomic E-state index is 10.4. The summed E-state index contributed by atoms with van der Waals surface area (Å²) in [5.74, 6) is 1.47. The Bertz CT molecular complexity index is 358. The molecule has 0 heterocycles. The summed E-state index contributed by atoms with van der Waals surface area (Å²) in [7, 11) is 3.25. The number of methoxy groups -OCH3 is 2. The maximum Gasteiger partial charge on any atom is 0.161 e. The molecule has 0 saturated carbocycles. The van der Waals surface area contributed by atoms with E-state index in [1.807, 2.05) is 12.1 Å². The third-order valence-electron chi connectivity index (χ3n) is 2.62. The van der Waals surface area contributed by atoms with Crippen LogP contribution >= 0.6 is 0 Å². The predicted octanol–water partition coefficient (Wildman–Crippen LogP) is 2.40. The van der Waals surface area contributed by atoms with E-state index in [1.165, 1.54) is 5.56 Å². The summed E-state index contributed by atoms with van der Waals surface area (Å²) in [5, 5.41) is 0. The lowest BCUT2D eigenvalue weighted by atomic mass is 10.0. The number of hydrogen-bond acceptors (Lipinski definition) is 3. The molecule has 0 aliphatic rings. The molecule has 0 saturated heterocycles. The van der Waals surface area contributed by atoms with E-state index in [0.717, 1.165) is 36.2 Å². The molecule has 1 rings (SSSR count). The predicted molar refractivity (Wildman–Crippen MR) is 63.3 cm³/mol. The van der Waals surface area contributed by atoms with Gasteiger partial charge in [0, 0.05) is 6.42 Å². The van der Waals surface area contributed by atoms with Gasteiger partial charge in [0.1, 0.15) is 6.29 Å². The minimum absolute atomic E-state index is 0.544. The Morgan fingerprint density at radius 2 is 1.69 bits per heavy atom. The molecule has 0 atom stereocenters. The second kappa shape index (κ2) is 6.16. The van der Waals surface area contributed by atoms with E-state index in [4.69, 9.17) is 9.47 Å². The standard InChI is InChI=1S/C13H18O3/c1-4-10-8-12(15-2)13(16-3)9-11(10)6-5-7-14/h7-9H,4-6H2,1-3H3. The molecule has 0 amide bonds. The van der Waals surface area contributed by atoms with Crippen molar-refractivity contribution in [1.82, 2.24) is 0 Å². The first-order valence-corrected chi connectivity index (χ1v) is 5.44. The molecule has 0 unspecified atom stereocenters. The molecule has 0 aliphatic heterocycles. The topological polar surface area (TPSA) is 35.5 Å². The SMILES string of the molecule is CCc1cc(OC)c(OC)cc1CCC=O. The highest BCUT2D eigenvalue weighted by Gasteiger charge is 2.09. The van der Waals surface area contributed by atoms with Crippen LogP contribution in [0.15, 0.2) is 12.1 Å². The summed E-state index contributed by atoms with van der Waals surface area (Å²) in [6.07, 6.45) is 3.17. The van der Waals surface area contributed by atoms with Crippen LogP contribution < -0.4 is 9.47 Å². The second-order valence-electron chi connectivity index (χ2n) is 3.53. The van der Waals surface area contributed by atoms with Crippen molar-refractivity contribution in [2.45, 2.75) is 26.2 Å². The van der Waals surface area contributed by atoms with Crippen LogP contribution in [-0.2, 0) is 17.6 Å². The zero-order valence-corrected chi connectivity index (χ0v) is 10.1. The van der Waals surface area contributed by atoms with Crippen LogP contribution in [0, 0.1) is 0 Å². The van der Waals surface area contributed by atoms with Gasteiger partial charge in [0.05, 0.1) is 14.2 Å². The van der Waals surface area contributed by atoms with Crippen molar-refractivity contribution < 1.29 is 14.3 Å². The number of aryl methyl sites for hydroxylation is 2. The lowest BCUT2D eigenvalue weighted by Gasteiger charge is -2.13. The van der Waals surface area contributed by atoms with Crippen molar-refractivity contribution in [3.8, 4) is 11.5 Å². The van der Waals surface area contributed by atoms with E-state index < -0.39 is 0 Å². The van der Waals surface area contributed by atoms with E-state index in [0.29, 0.717) is 6.42 Å². The molecular weight excluding hydrogens is 204 g/mol. The molecule has 0 fully saturated rings. The molecule has 88 valence electrons. The van der Waals surface area contributed by atoms with Gasteiger partial charge < -0.3 is 14.3 Å². The molecule has 0 N–H and O–H groups in total. The highest BCUT2D eigenvalue weighted by Crippen LogP contribution is 2.31. The van der Waals surface area contributed by atoms with Crippen LogP contribution in [0.3, 0.4) is 0 Å². The zero-order valence-electron chi connectivity index (χ0n) is 10.1. The highest BCUT2D eigenvalue weighted by molar-refractivity contribution is 5.52. The van der Waals surface area contributed by atoms with Crippen molar-refractivity contribution in [2.24, 2.45) is 0 Å². The fourth-order valence-electron chi connectivity index (χ4n) is 1.74. The Kier molecular flexibility index (Phi) is 4.83. The molecule has 16 heavy (non-hydrogen) atoms. The molecule has 3 heteroatoms. The van der Waals surface area contributed by atoms with Gasteiger partial charge in [-0.05, 0) is 36.1 Å². The average molecular weight is 222 g/mol. The van der Waals surface area contributed by atoms with E-state index in [1.54, 1.807) is 14.2 Å². The molecule has 0 spiro atoms. The van der Waals surface area contributed by atoms with Crippen LogP contribution in [0.1, 0.15) is 24.5 Å². The Hall–Kier alpha value is -1.51. The lowest BCUT2D eigenvalue weighted by molar-refractivity contribution is -0.107. The van der Waals surface area contributed by atoms with Crippen LogP contribution in [0.4, 0.5) is 0 Å². The van der Waals surface area contributed by atoms with Crippen LogP contribution in [0.5, 0.6) is 11.5 Å². The highest BCUT2D eigenvalue weighted by atomic mass is 16.5. The first kappa shape index (κ1) is 12.6. The number of aldehydes is 1. The molecule has 0 aromatic heterocycles. The molecule has 0 bridgehead atoms. The van der Waals surface area contributed by atoms with Gasteiger partial charge in [0.15, 0.2) is 11.5 Å². The molecular formula is C13H18O3. The number of hydrogen-bond donors (Lipinski definition) is 0. The molecule has 0 aliphatic carbocycles. The van der Waals surface area contributed by atoms with E-state index in [-0.39, 0.29) is 0 Å². The van der Waals surface area contributed by atoms with Crippen LogP contribution in [0.25, 0.3) is 0 Å². The summed E-state index contributed by atoms with van der Waals surface area (Å²) < 4.78 is 10.5. The third-order valence-corrected chi connectivity index (χ3v) is 2.62. The summed E-state index contributed by atoms with van der Waals surface area (Å²) in [4.78, 5) is 10.4. The van der Waals surface area contributed by atoms with Gasteiger partial charge in [-0.1, -0.05) is 6.92 Å². The zero-order chi connectivity index (χ0) is 12.0. The summed E-state index contributed by atoms with van der Waals surface area (Å²) in [6, 6.07) is 3.94. The molecule has 0 radical (unpaired) electrons. The number of rotatable bonds is 6. The minimum Gasteiger partial charge on any atom is -0.493 e. The van der Waals surface area contributed by atoms with E-state index >= 15 is 0 Å².